The molecule has 1 atom stereocenters. The van der Waals surface area contributed by atoms with Gasteiger partial charge in [0.2, 0.25) is 5.91 Å². The van der Waals surface area contributed by atoms with Crippen LogP contribution in [-0.2, 0) is 11.3 Å². The van der Waals surface area contributed by atoms with Crippen LogP contribution in [-0.4, -0.2) is 23.1 Å². The second-order valence-electron chi connectivity index (χ2n) is 5.95. The van der Waals surface area contributed by atoms with Crippen LogP contribution in [0.3, 0.4) is 0 Å². The van der Waals surface area contributed by atoms with Crippen LogP contribution in [0.2, 0.25) is 0 Å². The molecule has 1 aromatic heterocycles. The maximum Gasteiger partial charge on any atom is 0.236 e. The van der Waals surface area contributed by atoms with E-state index in [1.807, 2.05) is 12.1 Å². The first-order chi connectivity index (χ1) is 10.1. The number of carbonyl (C=O) groups is 1. The molecule has 4 nitrogen and oxygen atoms in total. The lowest BCUT2D eigenvalue weighted by molar-refractivity contribution is -0.122. The minimum atomic E-state index is -0.391. The van der Waals surface area contributed by atoms with Gasteiger partial charge in [-0.25, -0.2) is 0 Å². The normalized spacial score (nSPS) is 12.8. The molecule has 21 heavy (non-hydrogen) atoms. The fourth-order valence-electron chi connectivity index (χ4n) is 2.54. The Morgan fingerprint density at radius 2 is 2.05 bits per heavy atom. The first-order valence-corrected chi connectivity index (χ1v) is 7.65. The number of amides is 1. The highest BCUT2D eigenvalue weighted by Gasteiger charge is 2.13. The number of nitrogens with two attached hydrogens (primary N) is 1. The largest absolute Gasteiger partial charge is 0.355 e. The Balaban J connectivity index is 1.76. The zero-order valence-electron chi connectivity index (χ0n) is 12.9. The summed E-state index contributed by atoms with van der Waals surface area (Å²) in [6.07, 6.45) is 3.73. The van der Waals surface area contributed by atoms with E-state index in [0.717, 1.165) is 19.4 Å². The third-order valence-corrected chi connectivity index (χ3v) is 3.62. The summed E-state index contributed by atoms with van der Waals surface area (Å²) in [7, 11) is 0. The van der Waals surface area contributed by atoms with E-state index in [1.165, 1.54) is 10.9 Å². The van der Waals surface area contributed by atoms with Crippen molar-refractivity contribution in [2.75, 3.05) is 6.54 Å². The van der Waals surface area contributed by atoms with Crippen LogP contribution in [0.25, 0.3) is 10.9 Å². The molecule has 0 aliphatic rings. The first kappa shape index (κ1) is 15.6. The Bertz CT molecular complexity index is 588. The zero-order chi connectivity index (χ0) is 15.2. The van der Waals surface area contributed by atoms with Crippen molar-refractivity contribution < 1.29 is 4.79 Å². The summed E-state index contributed by atoms with van der Waals surface area (Å²) >= 11 is 0. The molecule has 0 bridgehead atoms. The molecule has 2 rings (SSSR count). The van der Waals surface area contributed by atoms with E-state index in [4.69, 9.17) is 5.73 Å². The molecule has 0 fully saturated rings. The molecule has 2 aromatic rings. The smallest absolute Gasteiger partial charge is 0.236 e. The van der Waals surface area contributed by atoms with Crippen LogP contribution < -0.4 is 11.1 Å². The molecule has 0 aliphatic carbocycles. The summed E-state index contributed by atoms with van der Waals surface area (Å²) in [6, 6.07) is 10.0. The van der Waals surface area contributed by atoms with E-state index < -0.39 is 6.04 Å². The van der Waals surface area contributed by atoms with E-state index in [9.17, 15) is 4.79 Å². The summed E-state index contributed by atoms with van der Waals surface area (Å²) < 4.78 is 2.22. The molecule has 1 unspecified atom stereocenters. The third-order valence-electron chi connectivity index (χ3n) is 3.62. The van der Waals surface area contributed by atoms with Gasteiger partial charge in [0.25, 0.3) is 0 Å². The number of fused-ring (bicyclic) bond motifs is 1. The molecule has 114 valence electrons. The summed E-state index contributed by atoms with van der Waals surface area (Å²) in [5, 5.41) is 4.17. The Hall–Kier alpha value is -1.81. The van der Waals surface area contributed by atoms with Gasteiger partial charge in [0, 0.05) is 24.8 Å². The van der Waals surface area contributed by atoms with Gasteiger partial charge in [-0.05, 0) is 36.3 Å². The summed E-state index contributed by atoms with van der Waals surface area (Å²) in [5.74, 6) is 0.401. The number of nitrogens with one attached hydrogen (secondary N) is 1. The number of aryl methyl sites for hydroxylation is 1. The van der Waals surface area contributed by atoms with E-state index >= 15 is 0 Å². The van der Waals surface area contributed by atoms with Crippen molar-refractivity contribution in [1.82, 2.24) is 9.88 Å². The minimum absolute atomic E-state index is 0.0407. The molecular formula is C17H25N3O. The van der Waals surface area contributed by atoms with Gasteiger partial charge < -0.3 is 15.6 Å². The van der Waals surface area contributed by atoms with Gasteiger partial charge >= 0.3 is 0 Å². The highest BCUT2D eigenvalue weighted by atomic mass is 16.2. The lowest BCUT2D eigenvalue weighted by atomic mass is 10.0. The minimum Gasteiger partial charge on any atom is -0.355 e. The summed E-state index contributed by atoms with van der Waals surface area (Å²) in [4.78, 5) is 11.8. The number of hydrogen-bond donors (Lipinski definition) is 2. The van der Waals surface area contributed by atoms with Gasteiger partial charge in [0.05, 0.1) is 6.04 Å². The molecule has 1 amide bonds. The Morgan fingerprint density at radius 3 is 2.81 bits per heavy atom. The average Bonchev–Trinajstić information content (AvgIpc) is 2.86. The van der Waals surface area contributed by atoms with Gasteiger partial charge in [-0.2, -0.15) is 0 Å². The maximum absolute atomic E-state index is 11.8. The molecule has 0 saturated carbocycles. The molecule has 0 radical (unpaired) electrons. The second kappa shape index (κ2) is 7.27. The number of carbonyl (C=O) groups excluding carboxylic acids is 1. The van der Waals surface area contributed by atoms with Crippen molar-refractivity contribution in [3.8, 4) is 0 Å². The van der Waals surface area contributed by atoms with Crippen LogP contribution in [0.1, 0.15) is 26.7 Å². The Labute approximate surface area is 126 Å². The van der Waals surface area contributed by atoms with E-state index in [1.54, 1.807) is 0 Å². The number of para-hydroxylation sites is 1. The topological polar surface area (TPSA) is 60.1 Å². The quantitative estimate of drug-likeness (QED) is 0.769. The monoisotopic (exact) mass is 287 g/mol. The second-order valence-corrected chi connectivity index (χ2v) is 5.95. The molecule has 1 aromatic carbocycles. The van der Waals surface area contributed by atoms with Crippen molar-refractivity contribution in [1.29, 1.82) is 0 Å². The van der Waals surface area contributed by atoms with Gasteiger partial charge in [-0.3, -0.25) is 4.79 Å². The molecule has 0 saturated heterocycles. The number of benzene rings is 1. The number of nitrogens with zero attached hydrogens (tertiary/aromatic N) is 1. The summed E-state index contributed by atoms with van der Waals surface area (Å²) in [6.45, 7) is 5.71. The van der Waals surface area contributed by atoms with E-state index in [-0.39, 0.29) is 5.91 Å². The lowest BCUT2D eigenvalue weighted by Gasteiger charge is -2.14. The van der Waals surface area contributed by atoms with Crippen LogP contribution in [0.15, 0.2) is 36.5 Å². The molecule has 4 heteroatoms. The predicted octanol–water partition coefficient (Wildman–Crippen LogP) is 2.52. The zero-order valence-corrected chi connectivity index (χ0v) is 12.9. The molecule has 0 aliphatic heterocycles. The fourth-order valence-corrected chi connectivity index (χ4v) is 2.54. The molecule has 3 N–H and O–H groups in total. The lowest BCUT2D eigenvalue weighted by Crippen LogP contribution is -2.41. The number of hydrogen-bond acceptors (Lipinski definition) is 2. The van der Waals surface area contributed by atoms with Gasteiger partial charge in [-0.1, -0.05) is 32.0 Å². The fraction of sp³-hybridized carbons (Fsp3) is 0.471. The van der Waals surface area contributed by atoms with Crippen molar-refractivity contribution in [2.24, 2.45) is 11.7 Å². The molecule has 1 heterocycles. The van der Waals surface area contributed by atoms with Crippen molar-refractivity contribution in [2.45, 2.75) is 39.3 Å². The van der Waals surface area contributed by atoms with Crippen LogP contribution in [0.4, 0.5) is 0 Å². The standard InChI is InChI=1S/C17H25N3O/c1-13(2)12-15(18)17(21)19-9-5-10-20-11-8-14-6-3-4-7-16(14)20/h3-4,6-8,11,13,15H,5,9-10,12,18H2,1-2H3,(H,19,21). The van der Waals surface area contributed by atoms with Crippen molar-refractivity contribution in [3.05, 3.63) is 36.5 Å². The van der Waals surface area contributed by atoms with E-state index in [2.05, 4.69) is 48.1 Å². The highest BCUT2D eigenvalue weighted by molar-refractivity contribution is 5.81. The van der Waals surface area contributed by atoms with Crippen LogP contribution in [0, 0.1) is 5.92 Å². The Morgan fingerprint density at radius 1 is 1.29 bits per heavy atom. The van der Waals surface area contributed by atoms with Gasteiger partial charge in [0.15, 0.2) is 0 Å². The third kappa shape index (κ3) is 4.33. The highest BCUT2D eigenvalue weighted by Crippen LogP contribution is 2.15. The first-order valence-electron chi connectivity index (χ1n) is 7.65. The van der Waals surface area contributed by atoms with Crippen LogP contribution in [0.5, 0.6) is 0 Å². The van der Waals surface area contributed by atoms with Gasteiger partial charge in [-0.15, -0.1) is 0 Å². The van der Waals surface area contributed by atoms with Crippen LogP contribution >= 0.6 is 0 Å². The molecular weight excluding hydrogens is 262 g/mol. The van der Waals surface area contributed by atoms with E-state index in [0.29, 0.717) is 12.5 Å². The number of rotatable bonds is 7. The van der Waals surface area contributed by atoms with Crippen molar-refractivity contribution >= 4 is 16.8 Å². The average molecular weight is 287 g/mol. The summed E-state index contributed by atoms with van der Waals surface area (Å²) in [5.41, 5.74) is 7.09. The predicted molar refractivity (Wildman–Crippen MR) is 87.0 cm³/mol. The van der Waals surface area contributed by atoms with Gasteiger partial charge in [0.1, 0.15) is 0 Å². The van der Waals surface area contributed by atoms with Crippen molar-refractivity contribution in [3.63, 3.8) is 0 Å². The SMILES string of the molecule is CC(C)CC(N)C(=O)NCCCn1ccc2ccccc21. The maximum atomic E-state index is 11.8. The Kier molecular flexibility index (Phi) is 5.39. The number of aromatic nitrogens is 1. The molecule has 0 spiro atoms.